The molecule has 1 rings (SSSR count). The molecule has 0 aliphatic carbocycles. The van der Waals surface area contributed by atoms with Crippen LogP contribution in [0.2, 0.25) is 0 Å². The number of aromatic amines is 1. The van der Waals surface area contributed by atoms with E-state index in [0.29, 0.717) is 11.5 Å². The molecular weight excluding hydrogens is 140 g/mol. The lowest BCUT2D eigenvalue weighted by molar-refractivity contribution is 0.103. The molecule has 0 fully saturated rings. The molecule has 1 N–H and O–H groups in total. The first-order valence-electron chi connectivity index (χ1n) is 3.12. The summed E-state index contributed by atoms with van der Waals surface area (Å²) in [7, 11) is 0. The summed E-state index contributed by atoms with van der Waals surface area (Å²) in [5, 5.41) is 0. The number of H-pyrrole nitrogens is 1. The number of ketones is 1. The molecule has 0 aliphatic rings. The molecule has 1 aromatic heterocycles. The summed E-state index contributed by atoms with van der Waals surface area (Å²) in [6, 6.07) is 0. The van der Waals surface area contributed by atoms with Gasteiger partial charge in [-0.05, 0) is 12.2 Å². The largest absolute Gasteiger partial charge is 0.341 e. The Balaban J connectivity index is 2.97. The highest BCUT2D eigenvalue weighted by Gasteiger charge is 2.03. The van der Waals surface area contributed by atoms with Crippen molar-refractivity contribution in [3.05, 3.63) is 36.9 Å². The van der Waals surface area contributed by atoms with Crippen molar-refractivity contribution in [1.29, 1.82) is 0 Å². The molecule has 0 amide bonds. The van der Waals surface area contributed by atoms with E-state index in [0.717, 1.165) is 0 Å². The van der Waals surface area contributed by atoms with Gasteiger partial charge >= 0.3 is 0 Å². The van der Waals surface area contributed by atoms with Crippen LogP contribution in [0.25, 0.3) is 6.08 Å². The third-order valence-electron chi connectivity index (χ3n) is 1.23. The van der Waals surface area contributed by atoms with Gasteiger partial charge in [-0.15, -0.1) is 0 Å². The van der Waals surface area contributed by atoms with Crippen molar-refractivity contribution in [2.45, 2.75) is 0 Å². The number of imidazole rings is 1. The fourth-order valence-electron chi connectivity index (χ4n) is 0.663. The topological polar surface area (TPSA) is 45.8 Å². The number of aromatic nitrogens is 2. The van der Waals surface area contributed by atoms with Crippen molar-refractivity contribution in [3.8, 4) is 0 Å². The van der Waals surface area contributed by atoms with Gasteiger partial charge in [0.25, 0.3) is 0 Å². The van der Waals surface area contributed by atoms with Gasteiger partial charge in [-0.25, -0.2) is 4.98 Å². The molecule has 3 heteroatoms. The maximum atomic E-state index is 10.9. The van der Waals surface area contributed by atoms with Crippen molar-refractivity contribution in [2.24, 2.45) is 0 Å². The van der Waals surface area contributed by atoms with Crippen molar-refractivity contribution in [2.75, 3.05) is 0 Å². The van der Waals surface area contributed by atoms with Crippen molar-refractivity contribution < 1.29 is 4.79 Å². The van der Waals surface area contributed by atoms with Gasteiger partial charge in [0, 0.05) is 6.20 Å². The average molecular weight is 148 g/mol. The van der Waals surface area contributed by atoms with E-state index in [1.165, 1.54) is 6.08 Å². The summed E-state index contributed by atoms with van der Waals surface area (Å²) in [4.78, 5) is 17.5. The number of carbonyl (C=O) groups is 1. The van der Waals surface area contributed by atoms with Crippen LogP contribution in [0.1, 0.15) is 16.3 Å². The second kappa shape index (κ2) is 2.96. The van der Waals surface area contributed by atoms with E-state index >= 15 is 0 Å². The lowest BCUT2D eigenvalue weighted by Gasteiger charge is -1.83. The molecule has 0 saturated heterocycles. The molecule has 0 bridgehead atoms. The minimum absolute atomic E-state index is 0.210. The molecule has 0 aromatic carbocycles. The Morgan fingerprint density at radius 3 is 2.82 bits per heavy atom. The molecule has 0 aliphatic heterocycles. The van der Waals surface area contributed by atoms with E-state index in [4.69, 9.17) is 0 Å². The van der Waals surface area contributed by atoms with Crippen LogP contribution in [0.5, 0.6) is 0 Å². The van der Waals surface area contributed by atoms with E-state index in [2.05, 4.69) is 23.1 Å². The standard InChI is InChI=1S/C8H8N2O/c1-3-6-5-9-8(10-6)7(11)4-2/h3-5H,1-2H2,(H,9,10). The highest BCUT2D eigenvalue weighted by atomic mass is 16.1. The molecule has 56 valence electrons. The Labute approximate surface area is 64.5 Å². The van der Waals surface area contributed by atoms with Crippen LogP contribution in [0, 0.1) is 0 Å². The van der Waals surface area contributed by atoms with Crippen LogP contribution in [0.4, 0.5) is 0 Å². The maximum Gasteiger partial charge on any atom is 0.220 e. The lowest BCUT2D eigenvalue weighted by Crippen LogP contribution is -1.95. The highest BCUT2D eigenvalue weighted by Crippen LogP contribution is 1.98. The molecule has 3 nitrogen and oxygen atoms in total. The Morgan fingerprint density at radius 2 is 2.36 bits per heavy atom. The number of hydrogen-bond acceptors (Lipinski definition) is 2. The quantitative estimate of drug-likeness (QED) is 0.520. The number of allylic oxidation sites excluding steroid dienone is 1. The van der Waals surface area contributed by atoms with Gasteiger partial charge in [-0.2, -0.15) is 0 Å². The molecule has 0 radical (unpaired) electrons. The molecule has 1 heterocycles. The third-order valence-corrected chi connectivity index (χ3v) is 1.23. The Kier molecular flexibility index (Phi) is 2.01. The zero-order valence-corrected chi connectivity index (χ0v) is 6.00. The van der Waals surface area contributed by atoms with Gasteiger partial charge < -0.3 is 4.98 Å². The van der Waals surface area contributed by atoms with Gasteiger partial charge in [0.1, 0.15) is 0 Å². The first-order valence-corrected chi connectivity index (χ1v) is 3.12. The number of hydrogen-bond donors (Lipinski definition) is 1. The van der Waals surface area contributed by atoms with Gasteiger partial charge in [0.15, 0.2) is 5.82 Å². The van der Waals surface area contributed by atoms with Gasteiger partial charge in [0.2, 0.25) is 5.78 Å². The summed E-state index contributed by atoms with van der Waals surface area (Å²) in [5.41, 5.74) is 0.662. The first-order chi connectivity index (χ1) is 5.27. The zero-order chi connectivity index (χ0) is 8.27. The fraction of sp³-hybridized carbons (Fsp3) is 0. The van der Waals surface area contributed by atoms with Crippen LogP contribution in [0.15, 0.2) is 25.4 Å². The summed E-state index contributed by atoms with van der Waals surface area (Å²) in [6.07, 6.45) is 4.39. The van der Waals surface area contributed by atoms with Gasteiger partial charge in [-0.1, -0.05) is 13.2 Å². The molecule has 11 heavy (non-hydrogen) atoms. The molecule has 0 spiro atoms. The number of rotatable bonds is 3. The van der Waals surface area contributed by atoms with Crippen molar-refractivity contribution in [3.63, 3.8) is 0 Å². The fourth-order valence-corrected chi connectivity index (χ4v) is 0.663. The Bertz CT molecular complexity index is 299. The summed E-state index contributed by atoms with van der Waals surface area (Å²) < 4.78 is 0. The molecule has 1 aromatic rings. The molecule has 0 atom stereocenters. The minimum atomic E-state index is -0.210. The molecule has 0 saturated carbocycles. The van der Waals surface area contributed by atoms with Crippen LogP contribution in [0.3, 0.4) is 0 Å². The third kappa shape index (κ3) is 1.43. The predicted molar refractivity (Wildman–Crippen MR) is 43.2 cm³/mol. The average Bonchev–Trinajstić information content (AvgIpc) is 2.50. The van der Waals surface area contributed by atoms with E-state index < -0.39 is 0 Å². The molecular formula is C8H8N2O. The molecule has 0 unspecified atom stereocenters. The first kappa shape index (κ1) is 7.47. The smallest absolute Gasteiger partial charge is 0.220 e. The number of carbonyl (C=O) groups excluding carboxylic acids is 1. The summed E-state index contributed by atoms with van der Waals surface area (Å²) >= 11 is 0. The summed E-state index contributed by atoms with van der Waals surface area (Å²) in [5.74, 6) is 0.0907. The summed E-state index contributed by atoms with van der Waals surface area (Å²) in [6.45, 7) is 6.85. The SMILES string of the molecule is C=CC(=O)c1nc(C=C)c[nH]1. The second-order valence-corrected chi connectivity index (χ2v) is 1.95. The van der Waals surface area contributed by atoms with Gasteiger partial charge in [-0.3, -0.25) is 4.79 Å². The van der Waals surface area contributed by atoms with Gasteiger partial charge in [0.05, 0.1) is 5.69 Å². The van der Waals surface area contributed by atoms with Crippen molar-refractivity contribution >= 4 is 11.9 Å². The van der Waals surface area contributed by atoms with E-state index in [1.54, 1.807) is 12.3 Å². The highest BCUT2D eigenvalue weighted by molar-refractivity contribution is 6.01. The minimum Gasteiger partial charge on any atom is -0.341 e. The van der Waals surface area contributed by atoms with Crippen LogP contribution in [-0.2, 0) is 0 Å². The van der Waals surface area contributed by atoms with Crippen LogP contribution >= 0.6 is 0 Å². The normalized spacial score (nSPS) is 9.09. The van der Waals surface area contributed by atoms with E-state index in [9.17, 15) is 4.79 Å². The van der Waals surface area contributed by atoms with E-state index in [1.807, 2.05) is 0 Å². The second-order valence-electron chi connectivity index (χ2n) is 1.95. The number of nitrogens with one attached hydrogen (secondary N) is 1. The zero-order valence-electron chi connectivity index (χ0n) is 6.00. The Morgan fingerprint density at radius 1 is 1.64 bits per heavy atom. The monoisotopic (exact) mass is 148 g/mol. The van der Waals surface area contributed by atoms with Crippen LogP contribution in [-0.4, -0.2) is 15.8 Å². The Hall–Kier alpha value is -1.64. The maximum absolute atomic E-state index is 10.9. The van der Waals surface area contributed by atoms with Crippen molar-refractivity contribution in [1.82, 2.24) is 9.97 Å². The van der Waals surface area contributed by atoms with E-state index in [-0.39, 0.29) is 5.78 Å². The predicted octanol–water partition coefficient (Wildman–Crippen LogP) is 1.42. The lowest BCUT2D eigenvalue weighted by atomic mass is 10.4. The number of nitrogens with zero attached hydrogens (tertiary/aromatic N) is 1. The van der Waals surface area contributed by atoms with Crippen LogP contribution < -0.4 is 0 Å².